The zero-order valence-corrected chi connectivity index (χ0v) is 13.5. The largest absolute Gasteiger partial charge is 0.479 e. The molecule has 2 rings (SSSR count). The van der Waals surface area contributed by atoms with Crippen molar-refractivity contribution in [1.29, 1.82) is 0 Å². The van der Waals surface area contributed by atoms with Crippen molar-refractivity contribution in [2.24, 2.45) is 0 Å². The number of hydrogen-bond donors (Lipinski definition) is 2. The van der Waals surface area contributed by atoms with Gasteiger partial charge in [0.1, 0.15) is 0 Å². The van der Waals surface area contributed by atoms with E-state index in [0.29, 0.717) is 16.1 Å². The van der Waals surface area contributed by atoms with Crippen molar-refractivity contribution in [2.45, 2.75) is 18.9 Å². The number of ketones is 1. The third kappa shape index (κ3) is 4.93. The Morgan fingerprint density at radius 3 is 2.17 bits per heavy atom. The molecule has 0 bridgehead atoms. The van der Waals surface area contributed by atoms with Crippen LogP contribution in [0.3, 0.4) is 0 Å². The number of Topliss-reactive ketones (excluding diaryl/α,β-unsaturated/α-hetero) is 1. The van der Waals surface area contributed by atoms with Crippen molar-refractivity contribution in [3.8, 4) is 0 Å². The van der Waals surface area contributed by atoms with Crippen LogP contribution in [0.5, 0.6) is 0 Å². The van der Waals surface area contributed by atoms with E-state index in [9.17, 15) is 19.5 Å². The predicted molar refractivity (Wildman–Crippen MR) is 90.0 cm³/mol. The summed E-state index contributed by atoms with van der Waals surface area (Å²) in [5.74, 6) is -1.85. The summed E-state index contributed by atoms with van der Waals surface area (Å²) in [6, 6.07) is 13.6. The van der Waals surface area contributed by atoms with Gasteiger partial charge < -0.3 is 10.4 Å². The van der Waals surface area contributed by atoms with Crippen LogP contribution in [0, 0.1) is 0 Å². The third-order valence-electron chi connectivity index (χ3n) is 3.43. The van der Waals surface area contributed by atoms with Gasteiger partial charge in [-0.05, 0) is 29.8 Å². The first-order chi connectivity index (χ1) is 11.5. The molecule has 0 aliphatic carbocycles. The highest BCUT2D eigenvalue weighted by Gasteiger charge is 2.22. The molecule has 124 valence electrons. The normalized spacial score (nSPS) is 11.5. The van der Waals surface area contributed by atoms with Crippen LogP contribution in [-0.2, 0) is 9.59 Å². The summed E-state index contributed by atoms with van der Waals surface area (Å²) in [5.41, 5.74) is 0.937. The Kier molecular flexibility index (Phi) is 6.09. The van der Waals surface area contributed by atoms with Crippen molar-refractivity contribution >= 4 is 29.3 Å². The maximum atomic E-state index is 12.0. The lowest BCUT2D eigenvalue weighted by atomic mass is 10.0. The molecule has 2 N–H and O–H groups in total. The van der Waals surface area contributed by atoms with Gasteiger partial charge >= 0.3 is 5.97 Å². The van der Waals surface area contributed by atoms with E-state index in [1.165, 1.54) is 0 Å². The van der Waals surface area contributed by atoms with Gasteiger partial charge in [0.15, 0.2) is 11.8 Å². The number of carbonyl (C=O) groups is 3. The molecule has 0 saturated carbocycles. The molecule has 1 atom stereocenters. The zero-order valence-electron chi connectivity index (χ0n) is 12.7. The van der Waals surface area contributed by atoms with E-state index in [1.54, 1.807) is 54.6 Å². The number of rotatable bonds is 7. The molecular formula is C18H16ClNO4. The minimum Gasteiger partial charge on any atom is -0.479 e. The summed E-state index contributed by atoms with van der Waals surface area (Å²) in [4.78, 5) is 35.3. The van der Waals surface area contributed by atoms with E-state index in [4.69, 9.17) is 11.6 Å². The lowest BCUT2D eigenvalue weighted by Crippen LogP contribution is -2.33. The number of aliphatic carboxylic acids is 1. The van der Waals surface area contributed by atoms with Crippen LogP contribution in [0.1, 0.15) is 34.8 Å². The van der Waals surface area contributed by atoms with Crippen LogP contribution < -0.4 is 5.32 Å². The van der Waals surface area contributed by atoms with Gasteiger partial charge in [0.2, 0.25) is 5.91 Å². The van der Waals surface area contributed by atoms with Gasteiger partial charge in [-0.25, -0.2) is 4.79 Å². The standard InChI is InChI=1S/C18H16ClNO4/c19-14-8-6-12(7-9-14)15(21)10-11-16(22)20-17(18(23)24)13-4-2-1-3-5-13/h1-9,17H,10-11H2,(H,20,22)(H,23,24)/t17-/m0/s1. The number of amides is 1. The van der Waals surface area contributed by atoms with Gasteiger partial charge in [0, 0.05) is 23.4 Å². The molecule has 2 aromatic rings. The van der Waals surface area contributed by atoms with E-state index >= 15 is 0 Å². The predicted octanol–water partition coefficient (Wildman–Crippen LogP) is 3.25. The van der Waals surface area contributed by atoms with Crippen LogP contribution in [0.15, 0.2) is 54.6 Å². The van der Waals surface area contributed by atoms with Crippen molar-refractivity contribution in [1.82, 2.24) is 5.32 Å². The molecule has 6 heteroatoms. The molecule has 5 nitrogen and oxygen atoms in total. The van der Waals surface area contributed by atoms with E-state index in [2.05, 4.69) is 5.32 Å². The highest BCUT2D eigenvalue weighted by molar-refractivity contribution is 6.30. The third-order valence-corrected chi connectivity index (χ3v) is 3.68. The highest BCUT2D eigenvalue weighted by atomic mass is 35.5. The SMILES string of the molecule is O=C(CCC(=O)c1ccc(Cl)cc1)N[C@H](C(=O)O)c1ccccc1. The van der Waals surface area contributed by atoms with E-state index < -0.39 is 17.9 Å². The average Bonchev–Trinajstić information content (AvgIpc) is 2.58. The van der Waals surface area contributed by atoms with Gasteiger partial charge in [-0.3, -0.25) is 9.59 Å². The van der Waals surface area contributed by atoms with Gasteiger partial charge in [-0.1, -0.05) is 41.9 Å². The Bertz CT molecular complexity index is 728. The Morgan fingerprint density at radius 2 is 1.58 bits per heavy atom. The van der Waals surface area contributed by atoms with Crippen molar-refractivity contribution in [3.05, 3.63) is 70.7 Å². The van der Waals surface area contributed by atoms with Crippen molar-refractivity contribution in [2.75, 3.05) is 0 Å². The van der Waals surface area contributed by atoms with Crippen molar-refractivity contribution < 1.29 is 19.5 Å². The maximum absolute atomic E-state index is 12.0. The van der Waals surface area contributed by atoms with Gasteiger partial charge in [0.05, 0.1) is 0 Å². The fraction of sp³-hybridized carbons (Fsp3) is 0.167. The Balaban J connectivity index is 1.93. The number of carboxylic acids is 1. The molecule has 0 heterocycles. The van der Waals surface area contributed by atoms with E-state index in [-0.39, 0.29) is 18.6 Å². The molecule has 0 spiro atoms. The second-order valence-corrected chi connectivity index (χ2v) is 5.62. The Labute approximate surface area is 144 Å². The molecule has 0 unspecified atom stereocenters. The lowest BCUT2D eigenvalue weighted by Gasteiger charge is -2.14. The molecule has 0 radical (unpaired) electrons. The second-order valence-electron chi connectivity index (χ2n) is 5.18. The first-order valence-electron chi connectivity index (χ1n) is 7.33. The highest BCUT2D eigenvalue weighted by Crippen LogP contribution is 2.14. The molecule has 2 aromatic carbocycles. The van der Waals surface area contributed by atoms with Crippen LogP contribution in [-0.4, -0.2) is 22.8 Å². The quantitative estimate of drug-likeness (QED) is 0.754. The van der Waals surface area contributed by atoms with E-state index in [1.807, 2.05) is 0 Å². The molecule has 0 aliphatic rings. The van der Waals surface area contributed by atoms with Crippen LogP contribution in [0.4, 0.5) is 0 Å². The zero-order chi connectivity index (χ0) is 17.5. The molecule has 24 heavy (non-hydrogen) atoms. The molecule has 0 aliphatic heterocycles. The summed E-state index contributed by atoms with van der Waals surface area (Å²) in [6.45, 7) is 0. The van der Waals surface area contributed by atoms with Crippen LogP contribution in [0.2, 0.25) is 5.02 Å². The minimum absolute atomic E-state index is 0.00536. The first-order valence-corrected chi connectivity index (χ1v) is 7.71. The number of nitrogens with one attached hydrogen (secondary N) is 1. The molecule has 0 fully saturated rings. The Morgan fingerprint density at radius 1 is 0.958 bits per heavy atom. The average molecular weight is 346 g/mol. The summed E-state index contributed by atoms with van der Waals surface area (Å²) in [7, 11) is 0. The maximum Gasteiger partial charge on any atom is 0.330 e. The van der Waals surface area contributed by atoms with Gasteiger partial charge in [-0.15, -0.1) is 0 Å². The molecule has 1 amide bonds. The molecule has 0 aromatic heterocycles. The fourth-order valence-electron chi connectivity index (χ4n) is 2.17. The second kappa shape index (κ2) is 8.26. The monoisotopic (exact) mass is 345 g/mol. The number of halogens is 1. The van der Waals surface area contributed by atoms with Gasteiger partial charge in [0.25, 0.3) is 0 Å². The molecular weight excluding hydrogens is 330 g/mol. The minimum atomic E-state index is -1.15. The summed E-state index contributed by atoms with van der Waals surface area (Å²) >= 11 is 5.76. The fourth-order valence-corrected chi connectivity index (χ4v) is 2.30. The van der Waals surface area contributed by atoms with Crippen LogP contribution in [0.25, 0.3) is 0 Å². The van der Waals surface area contributed by atoms with Crippen LogP contribution >= 0.6 is 11.6 Å². The number of benzene rings is 2. The summed E-state index contributed by atoms with van der Waals surface area (Å²) < 4.78 is 0. The smallest absolute Gasteiger partial charge is 0.330 e. The first kappa shape index (κ1) is 17.7. The lowest BCUT2D eigenvalue weighted by molar-refractivity contribution is -0.142. The van der Waals surface area contributed by atoms with E-state index in [0.717, 1.165) is 0 Å². The van der Waals surface area contributed by atoms with Gasteiger partial charge in [-0.2, -0.15) is 0 Å². The number of carboxylic acid groups (broad SMARTS) is 1. The summed E-state index contributed by atoms with van der Waals surface area (Å²) in [5, 5.41) is 12.2. The topological polar surface area (TPSA) is 83.5 Å². The molecule has 0 saturated heterocycles. The van der Waals surface area contributed by atoms with Crippen molar-refractivity contribution in [3.63, 3.8) is 0 Å². The Hall–Kier alpha value is -2.66. The number of carbonyl (C=O) groups excluding carboxylic acids is 2. The summed E-state index contributed by atoms with van der Waals surface area (Å²) in [6.07, 6.45) is -0.0906. The number of hydrogen-bond acceptors (Lipinski definition) is 3.